The summed E-state index contributed by atoms with van der Waals surface area (Å²) in [5.74, 6) is 0.572. The molecule has 2 nitrogen and oxygen atoms in total. The van der Waals surface area contributed by atoms with Crippen LogP contribution < -0.4 is 0 Å². The molecule has 0 radical (unpaired) electrons. The summed E-state index contributed by atoms with van der Waals surface area (Å²) >= 11 is 1.62. The van der Waals surface area contributed by atoms with Gasteiger partial charge in [-0.2, -0.15) is 0 Å². The average molecular weight is 413 g/mol. The molecule has 0 amide bonds. The molecule has 0 aliphatic heterocycles. The van der Waals surface area contributed by atoms with Gasteiger partial charge in [0.2, 0.25) is 0 Å². The van der Waals surface area contributed by atoms with Gasteiger partial charge in [-0.15, -0.1) is 0 Å². The van der Waals surface area contributed by atoms with Gasteiger partial charge in [-0.3, -0.25) is 0 Å². The molecule has 0 saturated heterocycles. The van der Waals surface area contributed by atoms with Crippen LogP contribution in [0.1, 0.15) is 29.2 Å². The van der Waals surface area contributed by atoms with Gasteiger partial charge in [0.15, 0.2) is 0 Å². The predicted octanol–water partition coefficient (Wildman–Crippen LogP) is 6.91. The van der Waals surface area contributed by atoms with E-state index in [0.29, 0.717) is 5.75 Å². The topological polar surface area (TPSA) is 40.5 Å². The second-order valence-corrected chi connectivity index (χ2v) is 8.73. The first-order valence-corrected chi connectivity index (χ1v) is 10.7. The first-order valence-electron chi connectivity index (χ1n) is 9.90. The second kappa shape index (κ2) is 8.29. The Bertz CT molecular complexity index is 1110. The lowest BCUT2D eigenvalue weighted by atomic mass is 9.71. The van der Waals surface area contributed by atoms with Gasteiger partial charge in [0.1, 0.15) is 11.5 Å². The molecule has 0 unspecified atom stereocenters. The number of benzene rings is 4. The Morgan fingerprint density at radius 1 is 0.633 bits per heavy atom. The van der Waals surface area contributed by atoms with Crippen molar-refractivity contribution in [3.63, 3.8) is 0 Å². The molecule has 4 rings (SSSR count). The van der Waals surface area contributed by atoms with Gasteiger partial charge in [-0.05, 0) is 66.9 Å². The van der Waals surface area contributed by atoms with Gasteiger partial charge in [0.25, 0.3) is 0 Å². The fourth-order valence-electron chi connectivity index (χ4n) is 3.83. The molecule has 0 bridgehead atoms. The Kier molecular flexibility index (Phi) is 5.56. The van der Waals surface area contributed by atoms with Crippen molar-refractivity contribution in [1.29, 1.82) is 0 Å². The zero-order chi connectivity index (χ0) is 21.1. The summed E-state index contributed by atoms with van der Waals surface area (Å²) in [5, 5.41) is 20.7. The lowest BCUT2D eigenvalue weighted by Gasteiger charge is -2.32. The van der Waals surface area contributed by atoms with E-state index in [0.717, 1.165) is 32.0 Å². The zero-order valence-electron chi connectivity index (χ0n) is 17.0. The lowest BCUT2D eigenvalue weighted by Crippen LogP contribution is -2.25. The molecule has 150 valence electrons. The normalized spacial score (nSPS) is 11.4. The molecule has 0 spiro atoms. The quantitative estimate of drug-likeness (QED) is 0.350. The van der Waals surface area contributed by atoms with E-state index in [1.54, 1.807) is 23.9 Å². The van der Waals surface area contributed by atoms with E-state index < -0.39 is 5.41 Å². The molecule has 4 aromatic carbocycles. The van der Waals surface area contributed by atoms with Crippen LogP contribution in [0.15, 0.2) is 107 Å². The summed E-state index contributed by atoms with van der Waals surface area (Å²) in [5.41, 5.74) is 3.44. The molecule has 4 aromatic rings. The molecule has 0 atom stereocenters. The SMILES string of the molecule is Cc1cc(Sc2ccc(O)c(C(C)(c3ccccc3)c3ccccc3)c2)ccc1O. The molecule has 0 aliphatic rings. The maximum Gasteiger partial charge on any atom is 0.120 e. The molecule has 0 fully saturated rings. The summed E-state index contributed by atoms with van der Waals surface area (Å²) in [6, 6.07) is 32.0. The van der Waals surface area contributed by atoms with E-state index >= 15 is 0 Å². The van der Waals surface area contributed by atoms with Crippen molar-refractivity contribution in [1.82, 2.24) is 0 Å². The van der Waals surface area contributed by atoms with Gasteiger partial charge in [0.05, 0.1) is 0 Å². The van der Waals surface area contributed by atoms with E-state index in [4.69, 9.17) is 0 Å². The highest BCUT2D eigenvalue weighted by atomic mass is 32.2. The number of aromatic hydroxyl groups is 2. The fraction of sp³-hybridized carbons (Fsp3) is 0.111. The van der Waals surface area contributed by atoms with E-state index in [2.05, 4.69) is 37.3 Å². The molecule has 0 heterocycles. The largest absolute Gasteiger partial charge is 0.508 e. The predicted molar refractivity (Wildman–Crippen MR) is 124 cm³/mol. The molecule has 2 N–H and O–H groups in total. The van der Waals surface area contributed by atoms with Crippen molar-refractivity contribution in [2.45, 2.75) is 29.1 Å². The highest BCUT2D eigenvalue weighted by Gasteiger charge is 2.33. The van der Waals surface area contributed by atoms with Gasteiger partial charge in [-0.25, -0.2) is 0 Å². The van der Waals surface area contributed by atoms with Gasteiger partial charge in [0, 0.05) is 20.8 Å². The van der Waals surface area contributed by atoms with E-state index in [-0.39, 0.29) is 5.75 Å². The minimum Gasteiger partial charge on any atom is -0.508 e. The summed E-state index contributed by atoms with van der Waals surface area (Å²) in [6.45, 7) is 4.05. The van der Waals surface area contributed by atoms with Crippen LogP contribution in [0.4, 0.5) is 0 Å². The van der Waals surface area contributed by atoms with Crippen molar-refractivity contribution in [2.24, 2.45) is 0 Å². The molecular formula is C27H24O2S. The van der Waals surface area contributed by atoms with Gasteiger partial charge >= 0.3 is 0 Å². The monoisotopic (exact) mass is 412 g/mol. The van der Waals surface area contributed by atoms with Crippen LogP contribution in [0.2, 0.25) is 0 Å². The number of phenols is 2. The zero-order valence-corrected chi connectivity index (χ0v) is 17.9. The van der Waals surface area contributed by atoms with Crippen LogP contribution >= 0.6 is 11.8 Å². The van der Waals surface area contributed by atoms with Crippen molar-refractivity contribution >= 4 is 11.8 Å². The molecule has 30 heavy (non-hydrogen) atoms. The Morgan fingerprint density at radius 3 is 1.67 bits per heavy atom. The highest BCUT2D eigenvalue weighted by molar-refractivity contribution is 7.99. The Morgan fingerprint density at radius 2 is 1.13 bits per heavy atom. The summed E-state index contributed by atoms with van der Waals surface area (Å²) in [7, 11) is 0. The standard InChI is InChI=1S/C27H24O2S/c1-19-17-22(13-15-25(19)28)30-23-14-16-26(29)24(18-23)27(2,20-9-5-3-6-10-20)21-11-7-4-8-12-21/h3-18,28-29H,1-2H3. The Hall–Kier alpha value is -3.17. The van der Waals surface area contributed by atoms with Crippen LogP contribution in [0.5, 0.6) is 11.5 Å². The highest BCUT2D eigenvalue weighted by Crippen LogP contribution is 2.44. The van der Waals surface area contributed by atoms with Crippen LogP contribution in [0.25, 0.3) is 0 Å². The molecule has 0 aromatic heterocycles. The maximum absolute atomic E-state index is 10.9. The molecule has 0 saturated carbocycles. The van der Waals surface area contributed by atoms with Gasteiger partial charge < -0.3 is 10.2 Å². The van der Waals surface area contributed by atoms with Crippen LogP contribution in [-0.2, 0) is 5.41 Å². The second-order valence-electron chi connectivity index (χ2n) is 7.59. The Balaban J connectivity index is 1.83. The number of aryl methyl sites for hydroxylation is 1. The lowest BCUT2D eigenvalue weighted by molar-refractivity contribution is 0.456. The van der Waals surface area contributed by atoms with Gasteiger partial charge in [-0.1, -0.05) is 72.4 Å². The number of rotatable bonds is 5. The summed E-state index contributed by atoms with van der Waals surface area (Å²) in [4.78, 5) is 2.08. The third kappa shape index (κ3) is 3.81. The maximum atomic E-state index is 10.9. The van der Waals surface area contributed by atoms with Crippen LogP contribution in [0.3, 0.4) is 0 Å². The first-order chi connectivity index (χ1) is 14.5. The van der Waals surface area contributed by atoms with E-state index in [1.807, 2.05) is 61.5 Å². The minimum atomic E-state index is -0.506. The van der Waals surface area contributed by atoms with Crippen molar-refractivity contribution in [2.75, 3.05) is 0 Å². The minimum absolute atomic E-state index is 0.274. The number of hydrogen-bond donors (Lipinski definition) is 2. The fourth-order valence-corrected chi connectivity index (χ4v) is 4.78. The van der Waals surface area contributed by atoms with E-state index in [1.165, 1.54) is 0 Å². The van der Waals surface area contributed by atoms with Crippen molar-refractivity contribution < 1.29 is 10.2 Å². The third-order valence-electron chi connectivity index (χ3n) is 5.61. The van der Waals surface area contributed by atoms with Crippen molar-refractivity contribution in [3.8, 4) is 11.5 Å². The smallest absolute Gasteiger partial charge is 0.120 e. The molecular weight excluding hydrogens is 388 g/mol. The van der Waals surface area contributed by atoms with Crippen LogP contribution in [0, 0.1) is 6.92 Å². The first kappa shape index (κ1) is 20.1. The van der Waals surface area contributed by atoms with Crippen LogP contribution in [-0.4, -0.2) is 10.2 Å². The number of phenolic OH excluding ortho intramolecular Hbond substituents is 2. The number of hydrogen-bond acceptors (Lipinski definition) is 3. The summed E-state index contributed by atoms with van der Waals surface area (Å²) < 4.78 is 0. The third-order valence-corrected chi connectivity index (χ3v) is 6.59. The van der Waals surface area contributed by atoms with Crippen molar-refractivity contribution in [3.05, 3.63) is 119 Å². The van der Waals surface area contributed by atoms with E-state index in [9.17, 15) is 10.2 Å². The average Bonchev–Trinajstić information content (AvgIpc) is 2.78. The molecule has 0 aliphatic carbocycles. The Labute approximate surface area is 181 Å². The molecule has 3 heteroatoms. The summed E-state index contributed by atoms with van der Waals surface area (Å²) in [6.07, 6.45) is 0.